The zero-order valence-electron chi connectivity index (χ0n) is 9.14. The highest BCUT2D eigenvalue weighted by Gasteiger charge is 2.22. The van der Waals surface area contributed by atoms with E-state index in [2.05, 4.69) is 25.0 Å². The number of H-pyrrole nitrogens is 1. The van der Waals surface area contributed by atoms with Crippen molar-refractivity contribution in [2.75, 3.05) is 0 Å². The van der Waals surface area contributed by atoms with Crippen molar-refractivity contribution >= 4 is 0 Å². The van der Waals surface area contributed by atoms with Crippen LogP contribution in [0.5, 0.6) is 0 Å². The summed E-state index contributed by atoms with van der Waals surface area (Å²) in [7, 11) is 0. The molecule has 2 nitrogen and oxygen atoms in total. The summed E-state index contributed by atoms with van der Waals surface area (Å²) in [5, 5.41) is 0. The average Bonchev–Trinajstić information content (AvgIpc) is 2.49. The number of aromatic nitrogens is 1. The van der Waals surface area contributed by atoms with Crippen molar-refractivity contribution in [3.8, 4) is 0 Å². The quantitative estimate of drug-likeness (QED) is 0.705. The van der Waals surface area contributed by atoms with Gasteiger partial charge in [0.2, 0.25) is 0 Å². The van der Waals surface area contributed by atoms with Gasteiger partial charge in [0, 0.05) is 17.9 Å². The fourth-order valence-corrected chi connectivity index (χ4v) is 2.70. The Labute approximate surface area is 85.9 Å². The van der Waals surface area contributed by atoms with Crippen LogP contribution in [0.3, 0.4) is 0 Å². The van der Waals surface area contributed by atoms with Crippen LogP contribution in [0, 0.1) is 13.8 Å². The molecule has 0 unspecified atom stereocenters. The normalized spacial score (nSPS) is 27.9. The van der Waals surface area contributed by atoms with Crippen molar-refractivity contribution in [2.45, 2.75) is 51.5 Å². The summed E-state index contributed by atoms with van der Waals surface area (Å²) in [5.74, 6) is 0.751. The Morgan fingerprint density at radius 1 is 1.21 bits per heavy atom. The zero-order chi connectivity index (χ0) is 10.1. The Hall–Kier alpha value is -0.760. The molecular weight excluding hydrogens is 172 g/mol. The van der Waals surface area contributed by atoms with Crippen molar-refractivity contribution in [1.82, 2.24) is 4.98 Å². The second-order valence-electron chi connectivity index (χ2n) is 4.62. The molecule has 0 amide bonds. The molecule has 1 heterocycles. The van der Waals surface area contributed by atoms with Crippen molar-refractivity contribution in [3.05, 3.63) is 23.0 Å². The topological polar surface area (TPSA) is 41.8 Å². The van der Waals surface area contributed by atoms with E-state index in [1.165, 1.54) is 36.9 Å². The molecule has 0 spiro atoms. The lowest BCUT2D eigenvalue weighted by atomic mass is 9.81. The van der Waals surface area contributed by atoms with Crippen molar-refractivity contribution in [2.24, 2.45) is 5.73 Å². The van der Waals surface area contributed by atoms with E-state index < -0.39 is 0 Å². The average molecular weight is 192 g/mol. The Kier molecular flexibility index (Phi) is 2.64. The second kappa shape index (κ2) is 3.77. The number of nitrogens with two attached hydrogens (primary N) is 1. The van der Waals surface area contributed by atoms with Crippen molar-refractivity contribution in [1.29, 1.82) is 0 Å². The van der Waals surface area contributed by atoms with Gasteiger partial charge in [-0.1, -0.05) is 0 Å². The third-order valence-corrected chi connectivity index (χ3v) is 3.51. The van der Waals surface area contributed by atoms with Gasteiger partial charge in [0.05, 0.1) is 0 Å². The Balaban J connectivity index is 2.15. The van der Waals surface area contributed by atoms with Gasteiger partial charge < -0.3 is 10.7 Å². The number of rotatable bonds is 1. The van der Waals surface area contributed by atoms with Crippen LogP contribution < -0.4 is 5.73 Å². The molecule has 14 heavy (non-hydrogen) atoms. The first-order valence-corrected chi connectivity index (χ1v) is 5.58. The smallest absolute Gasteiger partial charge is 0.0153 e. The lowest BCUT2D eigenvalue weighted by Gasteiger charge is -2.26. The summed E-state index contributed by atoms with van der Waals surface area (Å²) in [6.45, 7) is 4.38. The van der Waals surface area contributed by atoms with Gasteiger partial charge in [-0.05, 0) is 56.6 Å². The molecular formula is C12H20N2. The first-order chi connectivity index (χ1) is 6.68. The van der Waals surface area contributed by atoms with Crippen LogP contribution in [0.1, 0.15) is 48.4 Å². The molecule has 0 atom stereocenters. The predicted octanol–water partition coefficient (Wildman–Crippen LogP) is 2.62. The number of aryl methyl sites for hydroxylation is 2. The third kappa shape index (κ3) is 1.71. The first kappa shape index (κ1) is 9.78. The van der Waals surface area contributed by atoms with Crippen LogP contribution in [0.15, 0.2) is 6.20 Å². The molecule has 0 aliphatic heterocycles. The van der Waals surface area contributed by atoms with E-state index in [0.717, 1.165) is 5.92 Å². The highest BCUT2D eigenvalue weighted by atomic mass is 14.7. The number of hydrogen-bond donors (Lipinski definition) is 2. The van der Waals surface area contributed by atoms with Crippen LogP contribution in [-0.4, -0.2) is 11.0 Å². The minimum absolute atomic E-state index is 0.450. The van der Waals surface area contributed by atoms with Crippen LogP contribution in [0.4, 0.5) is 0 Å². The molecule has 1 aliphatic rings. The van der Waals surface area contributed by atoms with E-state index in [0.29, 0.717) is 6.04 Å². The van der Waals surface area contributed by atoms with E-state index in [9.17, 15) is 0 Å². The molecule has 1 aliphatic carbocycles. The van der Waals surface area contributed by atoms with Gasteiger partial charge in [0.1, 0.15) is 0 Å². The van der Waals surface area contributed by atoms with Gasteiger partial charge in [-0.2, -0.15) is 0 Å². The van der Waals surface area contributed by atoms with Gasteiger partial charge in [0.25, 0.3) is 0 Å². The molecule has 1 aromatic heterocycles. The number of hydrogen-bond acceptors (Lipinski definition) is 1. The fraction of sp³-hybridized carbons (Fsp3) is 0.667. The van der Waals surface area contributed by atoms with E-state index in [1.54, 1.807) is 5.56 Å². The molecule has 3 N–H and O–H groups in total. The summed E-state index contributed by atoms with van der Waals surface area (Å²) >= 11 is 0. The summed E-state index contributed by atoms with van der Waals surface area (Å²) in [6.07, 6.45) is 7.03. The van der Waals surface area contributed by atoms with E-state index in [1.807, 2.05) is 0 Å². The summed E-state index contributed by atoms with van der Waals surface area (Å²) in [4.78, 5) is 3.31. The zero-order valence-corrected chi connectivity index (χ0v) is 9.14. The Bertz CT molecular complexity index is 287. The van der Waals surface area contributed by atoms with Gasteiger partial charge in [0.15, 0.2) is 0 Å². The van der Waals surface area contributed by atoms with Crippen LogP contribution in [0.25, 0.3) is 0 Å². The van der Waals surface area contributed by atoms with Crippen molar-refractivity contribution < 1.29 is 0 Å². The molecule has 0 saturated heterocycles. The highest BCUT2D eigenvalue weighted by molar-refractivity contribution is 5.32. The molecule has 2 rings (SSSR count). The van der Waals surface area contributed by atoms with Crippen LogP contribution >= 0.6 is 0 Å². The van der Waals surface area contributed by atoms with E-state index >= 15 is 0 Å². The standard InChI is InChI=1S/C12H20N2/c1-8-7-14-9(2)12(8)10-3-5-11(13)6-4-10/h7,10-11,14H,3-6,13H2,1-2H3. The lowest BCUT2D eigenvalue weighted by molar-refractivity contribution is 0.394. The maximum Gasteiger partial charge on any atom is 0.0153 e. The van der Waals surface area contributed by atoms with Crippen LogP contribution in [0.2, 0.25) is 0 Å². The largest absolute Gasteiger partial charge is 0.365 e. The Morgan fingerprint density at radius 3 is 2.36 bits per heavy atom. The van der Waals surface area contributed by atoms with Crippen LogP contribution in [-0.2, 0) is 0 Å². The minimum Gasteiger partial charge on any atom is -0.365 e. The summed E-state index contributed by atoms with van der Waals surface area (Å²) in [5.41, 5.74) is 10.2. The molecule has 78 valence electrons. The summed E-state index contributed by atoms with van der Waals surface area (Å²) in [6, 6.07) is 0.450. The third-order valence-electron chi connectivity index (χ3n) is 3.51. The molecule has 2 heteroatoms. The Morgan fingerprint density at radius 2 is 1.86 bits per heavy atom. The molecule has 0 bridgehead atoms. The maximum atomic E-state index is 5.92. The SMILES string of the molecule is Cc1c[nH]c(C)c1C1CCC(N)CC1. The second-order valence-corrected chi connectivity index (χ2v) is 4.62. The van der Waals surface area contributed by atoms with E-state index in [-0.39, 0.29) is 0 Å². The van der Waals surface area contributed by atoms with E-state index in [4.69, 9.17) is 5.73 Å². The predicted molar refractivity (Wildman–Crippen MR) is 59.5 cm³/mol. The van der Waals surface area contributed by atoms with Gasteiger partial charge in [-0.3, -0.25) is 0 Å². The minimum atomic E-state index is 0.450. The fourth-order valence-electron chi connectivity index (χ4n) is 2.70. The van der Waals surface area contributed by atoms with Gasteiger partial charge >= 0.3 is 0 Å². The monoisotopic (exact) mass is 192 g/mol. The molecule has 1 fully saturated rings. The first-order valence-electron chi connectivity index (χ1n) is 5.58. The van der Waals surface area contributed by atoms with Gasteiger partial charge in [-0.25, -0.2) is 0 Å². The lowest BCUT2D eigenvalue weighted by Crippen LogP contribution is -2.26. The molecule has 1 aromatic rings. The van der Waals surface area contributed by atoms with Crippen molar-refractivity contribution in [3.63, 3.8) is 0 Å². The molecule has 1 saturated carbocycles. The van der Waals surface area contributed by atoms with Gasteiger partial charge in [-0.15, -0.1) is 0 Å². The number of aromatic amines is 1. The molecule has 0 radical (unpaired) electrons. The maximum absolute atomic E-state index is 5.92. The summed E-state index contributed by atoms with van der Waals surface area (Å²) < 4.78 is 0. The molecule has 0 aromatic carbocycles. The number of nitrogens with one attached hydrogen (secondary N) is 1. The highest BCUT2D eigenvalue weighted by Crippen LogP contribution is 2.35.